The second-order valence-electron chi connectivity index (χ2n) is 6.47. The zero-order valence-corrected chi connectivity index (χ0v) is 13.6. The predicted octanol–water partition coefficient (Wildman–Crippen LogP) is 3.87. The van der Waals surface area contributed by atoms with E-state index in [0.29, 0.717) is 27.9 Å². The van der Waals surface area contributed by atoms with E-state index in [-0.39, 0.29) is 5.78 Å². The monoisotopic (exact) mass is 324 g/mol. The Balaban J connectivity index is 2.02. The normalized spacial score (nSPS) is 19.1. The Morgan fingerprint density at radius 2 is 1.88 bits per heavy atom. The zero-order valence-electron chi connectivity index (χ0n) is 13.6. The molecule has 1 aliphatic rings. The van der Waals surface area contributed by atoms with E-state index in [1.807, 2.05) is 24.3 Å². The molecule has 0 aliphatic carbocycles. The Kier molecular flexibility index (Phi) is 2.97. The maximum Gasteiger partial charge on any atom is 0.303 e. The van der Waals surface area contributed by atoms with Crippen molar-refractivity contribution in [1.29, 1.82) is 0 Å². The number of hydrogen-bond donors (Lipinski definition) is 0. The topological polar surface area (TPSA) is 65.7 Å². The average molecular weight is 324 g/mol. The standard InChI is InChI=1S/C19H16O5/c1-10(20)22-18-17(21)16-14(24-19(18,2)3)9-8-13-15(16)11-6-4-5-7-12(11)23-13/h4-9,18H,1-3H3. The third-order valence-electron chi connectivity index (χ3n) is 4.28. The second-order valence-corrected chi connectivity index (χ2v) is 6.47. The number of benzene rings is 2. The van der Waals surface area contributed by atoms with E-state index in [1.54, 1.807) is 26.0 Å². The molecular weight excluding hydrogens is 308 g/mol. The lowest BCUT2D eigenvalue weighted by atomic mass is 9.87. The molecule has 2 heterocycles. The molecule has 1 unspecified atom stereocenters. The highest BCUT2D eigenvalue weighted by Crippen LogP contribution is 2.42. The minimum atomic E-state index is -0.998. The number of fused-ring (bicyclic) bond motifs is 5. The van der Waals surface area contributed by atoms with Gasteiger partial charge < -0.3 is 13.9 Å². The first-order chi connectivity index (χ1) is 11.4. The first-order valence-electron chi connectivity index (χ1n) is 7.73. The third kappa shape index (κ3) is 2.01. The summed E-state index contributed by atoms with van der Waals surface area (Å²) in [6.45, 7) is 4.75. The van der Waals surface area contributed by atoms with Gasteiger partial charge in [-0.05, 0) is 32.0 Å². The molecule has 0 saturated heterocycles. The van der Waals surface area contributed by atoms with Crippen LogP contribution in [-0.2, 0) is 9.53 Å². The summed E-state index contributed by atoms with van der Waals surface area (Å²) in [5.74, 6) is -0.307. The van der Waals surface area contributed by atoms with Gasteiger partial charge in [0.25, 0.3) is 0 Å². The lowest BCUT2D eigenvalue weighted by Crippen LogP contribution is -2.52. The van der Waals surface area contributed by atoms with Gasteiger partial charge in [-0.15, -0.1) is 0 Å². The number of ether oxygens (including phenoxy) is 2. The number of esters is 1. The van der Waals surface area contributed by atoms with Crippen LogP contribution in [0.3, 0.4) is 0 Å². The highest BCUT2D eigenvalue weighted by Gasteiger charge is 2.46. The smallest absolute Gasteiger partial charge is 0.303 e. The van der Waals surface area contributed by atoms with Gasteiger partial charge in [0.05, 0.1) is 5.56 Å². The van der Waals surface area contributed by atoms with Crippen LogP contribution in [0.25, 0.3) is 21.9 Å². The minimum absolute atomic E-state index is 0.270. The maximum absolute atomic E-state index is 13.1. The van der Waals surface area contributed by atoms with Crippen LogP contribution in [0, 0.1) is 0 Å². The van der Waals surface area contributed by atoms with E-state index in [9.17, 15) is 9.59 Å². The van der Waals surface area contributed by atoms with Crippen LogP contribution >= 0.6 is 0 Å². The van der Waals surface area contributed by atoms with E-state index in [1.165, 1.54) is 6.92 Å². The van der Waals surface area contributed by atoms with Crippen molar-refractivity contribution < 1.29 is 23.5 Å². The lowest BCUT2D eigenvalue weighted by Gasteiger charge is -2.37. The number of Topliss-reactive ketones (excluding diaryl/α,β-unsaturated/α-hetero) is 1. The van der Waals surface area contributed by atoms with Gasteiger partial charge in [0.1, 0.15) is 22.5 Å². The highest BCUT2D eigenvalue weighted by atomic mass is 16.6. The molecule has 0 fully saturated rings. The summed E-state index contributed by atoms with van der Waals surface area (Å²) in [5, 5.41) is 1.53. The molecule has 0 saturated carbocycles. The molecule has 3 aromatic rings. The van der Waals surface area contributed by atoms with Crippen LogP contribution in [0.1, 0.15) is 31.1 Å². The molecule has 24 heavy (non-hydrogen) atoms. The van der Waals surface area contributed by atoms with Crippen molar-refractivity contribution in [3.05, 3.63) is 42.0 Å². The Labute approximate surface area is 138 Å². The Morgan fingerprint density at radius 1 is 1.12 bits per heavy atom. The quantitative estimate of drug-likeness (QED) is 0.636. The predicted molar refractivity (Wildman–Crippen MR) is 88.3 cm³/mol. The number of furan rings is 1. The first-order valence-corrected chi connectivity index (χ1v) is 7.73. The summed E-state index contributed by atoms with van der Waals surface area (Å²) in [5.41, 5.74) is 0.766. The van der Waals surface area contributed by atoms with Crippen molar-refractivity contribution in [2.45, 2.75) is 32.5 Å². The molecule has 1 aliphatic heterocycles. The summed E-state index contributed by atoms with van der Waals surface area (Å²) in [4.78, 5) is 24.6. The van der Waals surface area contributed by atoms with Crippen molar-refractivity contribution in [3.63, 3.8) is 0 Å². The van der Waals surface area contributed by atoms with Gasteiger partial charge in [-0.25, -0.2) is 0 Å². The van der Waals surface area contributed by atoms with Crippen LogP contribution < -0.4 is 4.74 Å². The molecule has 1 aromatic heterocycles. The van der Waals surface area contributed by atoms with Gasteiger partial charge >= 0.3 is 5.97 Å². The van der Waals surface area contributed by atoms with Crippen LogP contribution in [0.15, 0.2) is 40.8 Å². The number of ketones is 1. The van der Waals surface area contributed by atoms with E-state index < -0.39 is 17.7 Å². The van der Waals surface area contributed by atoms with Crippen molar-refractivity contribution >= 4 is 33.7 Å². The third-order valence-corrected chi connectivity index (χ3v) is 4.28. The summed E-state index contributed by atoms with van der Waals surface area (Å²) in [6.07, 6.45) is -0.998. The first kappa shape index (κ1) is 14.8. The molecule has 5 nitrogen and oxygen atoms in total. The molecule has 0 amide bonds. The van der Waals surface area contributed by atoms with E-state index in [4.69, 9.17) is 13.9 Å². The SMILES string of the molecule is CC(=O)OC1C(=O)c2c(ccc3oc4ccccc4c23)OC1(C)C. The summed E-state index contributed by atoms with van der Waals surface area (Å²) in [7, 11) is 0. The largest absolute Gasteiger partial charge is 0.483 e. The molecule has 0 bridgehead atoms. The second kappa shape index (κ2) is 4.84. The Hall–Kier alpha value is -2.82. The number of hydrogen-bond acceptors (Lipinski definition) is 5. The van der Waals surface area contributed by atoms with Gasteiger partial charge in [-0.1, -0.05) is 18.2 Å². The molecule has 5 heteroatoms. The van der Waals surface area contributed by atoms with Gasteiger partial charge in [0.2, 0.25) is 11.9 Å². The molecule has 0 radical (unpaired) electrons. The van der Waals surface area contributed by atoms with Crippen LogP contribution in [0.4, 0.5) is 0 Å². The van der Waals surface area contributed by atoms with E-state index in [0.717, 1.165) is 5.39 Å². The minimum Gasteiger partial charge on any atom is -0.483 e. The van der Waals surface area contributed by atoms with Gasteiger partial charge in [0, 0.05) is 17.7 Å². The number of rotatable bonds is 1. The van der Waals surface area contributed by atoms with Gasteiger partial charge in [0.15, 0.2) is 0 Å². The Bertz CT molecular complexity index is 996. The molecule has 0 N–H and O–H groups in total. The molecule has 2 aromatic carbocycles. The van der Waals surface area contributed by atoms with Crippen LogP contribution in [0.5, 0.6) is 5.75 Å². The summed E-state index contributed by atoms with van der Waals surface area (Å²) in [6, 6.07) is 11.0. The van der Waals surface area contributed by atoms with Crippen molar-refractivity contribution in [2.75, 3.05) is 0 Å². The fraction of sp³-hybridized carbons (Fsp3) is 0.263. The molecule has 1 atom stereocenters. The summed E-state index contributed by atoms with van der Waals surface area (Å²) >= 11 is 0. The zero-order chi connectivity index (χ0) is 17.1. The van der Waals surface area contributed by atoms with E-state index in [2.05, 4.69) is 0 Å². The highest BCUT2D eigenvalue weighted by molar-refractivity contribution is 6.20. The number of para-hydroxylation sites is 1. The Morgan fingerprint density at radius 3 is 2.62 bits per heavy atom. The van der Waals surface area contributed by atoms with Crippen LogP contribution in [0.2, 0.25) is 0 Å². The fourth-order valence-corrected chi connectivity index (χ4v) is 3.27. The summed E-state index contributed by atoms with van der Waals surface area (Å²) < 4.78 is 17.1. The molecule has 122 valence electrons. The lowest BCUT2D eigenvalue weighted by molar-refractivity contribution is -0.153. The van der Waals surface area contributed by atoms with Crippen molar-refractivity contribution in [2.24, 2.45) is 0 Å². The molecule has 0 spiro atoms. The molecule has 4 rings (SSSR count). The maximum atomic E-state index is 13.1. The van der Waals surface area contributed by atoms with Crippen molar-refractivity contribution in [3.8, 4) is 5.75 Å². The fourth-order valence-electron chi connectivity index (χ4n) is 3.27. The van der Waals surface area contributed by atoms with Gasteiger partial charge in [-0.2, -0.15) is 0 Å². The number of carbonyl (C=O) groups excluding carboxylic acids is 2. The van der Waals surface area contributed by atoms with E-state index >= 15 is 0 Å². The number of carbonyl (C=O) groups is 2. The molecular formula is C19H16O5. The average Bonchev–Trinajstić information content (AvgIpc) is 2.89. The van der Waals surface area contributed by atoms with Crippen LogP contribution in [-0.4, -0.2) is 23.5 Å². The van der Waals surface area contributed by atoms with Gasteiger partial charge in [-0.3, -0.25) is 9.59 Å². The van der Waals surface area contributed by atoms with Crippen molar-refractivity contribution in [1.82, 2.24) is 0 Å².